The lowest BCUT2D eigenvalue weighted by molar-refractivity contribution is -0.129. The van der Waals surface area contributed by atoms with Crippen molar-refractivity contribution in [3.8, 4) is 0 Å². The molecule has 0 aromatic rings. The molecule has 4 N–H and O–H groups in total. The van der Waals surface area contributed by atoms with E-state index in [0.29, 0.717) is 6.54 Å². The molecule has 1 aliphatic carbocycles. The van der Waals surface area contributed by atoms with Crippen LogP contribution in [0.25, 0.3) is 0 Å². The second kappa shape index (κ2) is 7.70. The van der Waals surface area contributed by atoms with Gasteiger partial charge in [-0.25, -0.2) is 0 Å². The highest BCUT2D eigenvalue weighted by molar-refractivity contribution is 5.87. The van der Waals surface area contributed by atoms with Gasteiger partial charge in [0.1, 0.15) is 6.04 Å². The summed E-state index contributed by atoms with van der Waals surface area (Å²) in [4.78, 5) is 23.3. The number of rotatable bonds is 5. The van der Waals surface area contributed by atoms with Crippen LogP contribution >= 0.6 is 12.4 Å². The van der Waals surface area contributed by atoms with Crippen molar-refractivity contribution in [2.24, 2.45) is 11.7 Å². The topological polar surface area (TPSA) is 84.2 Å². The Labute approximate surface area is 121 Å². The minimum absolute atomic E-state index is 0. The predicted octanol–water partition coefficient (Wildman–Crippen LogP) is 0.957. The van der Waals surface area contributed by atoms with E-state index in [9.17, 15) is 9.59 Å². The molecular formula is C13H26ClN3O2. The molecule has 0 bridgehead atoms. The number of halogens is 1. The van der Waals surface area contributed by atoms with Crippen molar-refractivity contribution in [3.63, 3.8) is 0 Å². The Hall–Kier alpha value is -0.810. The van der Waals surface area contributed by atoms with Crippen molar-refractivity contribution in [1.82, 2.24) is 10.6 Å². The first-order valence-electron chi connectivity index (χ1n) is 6.63. The van der Waals surface area contributed by atoms with Crippen molar-refractivity contribution in [1.29, 1.82) is 0 Å². The van der Waals surface area contributed by atoms with Gasteiger partial charge in [0.25, 0.3) is 0 Å². The van der Waals surface area contributed by atoms with Crippen molar-refractivity contribution < 1.29 is 9.59 Å². The van der Waals surface area contributed by atoms with E-state index >= 15 is 0 Å². The number of nitrogens with one attached hydrogen (secondary N) is 2. The van der Waals surface area contributed by atoms with Crippen LogP contribution in [0.2, 0.25) is 0 Å². The highest BCUT2D eigenvalue weighted by atomic mass is 35.5. The molecule has 0 aromatic carbocycles. The average molecular weight is 292 g/mol. The zero-order valence-corrected chi connectivity index (χ0v) is 12.8. The first-order valence-corrected chi connectivity index (χ1v) is 6.63. The van der Waals surface area contributed by atoms with Gasteiger partial charge < -0.3 is 16.4 Å². The Morgan fingerprint density at radius 1 is 1.32 bits per heavy atom. The zero-order valence-electron chi connectivity index (χ0n) is 12.0. The molecule has 5 nitrogen and oxygen atoms in total. The summed E-state index contributed by atoms with van der Waals surface area (Å²) in [6.45, 7) is 5.57. The lowest BCUT2D eigenvalue weighted by Crippen LogP contribution is -2.53. The van der Waals surface area contributed by atoms with E-state index in [1.165, 1.54) is 6.92 Å². The van der Waals surface area contributed by atoms with Crippen LogP contribution in [-0.4, -0.2) is 29.9 Å². The molecule has 0 radical (unpaired) electrons. The Kier molecular flexibility index (Phi) is 7.37. The van der Waals surface area contributed by atoms with E-state index in [4.69, 9.17) is 5.73 Å². The van der Waals surface area contributed by atoms with E-state index in [1.807, 2.05) is 13.8 Å². The van der Waals surface area contributed by atoms with Gasteiger partial charge >= 0.3 is 0 Å². The van der Waals surface area contributed by atoms with Crippen LogP contribution in [0.5, 0.6) is 0 Å². The fourth-order valence-corrected chi connectivity index (χ4v) is 2.33. The summed E-state index contributed by atoms with van der Waals surface area (Å²) in [6, 6.07) is -0.410. The van der Waals surface area contributed by atoms with Crippen molar-refractivity contribution in [2.45, 2.75) is 58.0 Å². The summed E-state index contributed by atoms with van der Waals surface area (Å²) in [5, 5.41) is 5.59. The number of carbonyl (C=O) groups is 2. The lowest BCUT2D eigenvalue weighted by Gasteiger charge is -2.26. The van der Waals surface area contributed by atoms with Crippen LogP contribution in [0.15, 0.2) is 0 Å². The summed E-state index contributed by atoms with van der Waals surface area (Å²) in [7, 11) is 0. The van der Waals surface area contributed by atoms with Crippen LogP contribution < -0.4 is 16.4 Å². The number of nitrogens with two attached hydrogens (primary N) is 1. The quantitative estimate of drug-likeness (QED) is 0.705. The summed E-state index contributed by atoms with van der Waals surface area (Å²) in [5.74, 6) is -0.0144. The molecule has 0 saturated heterocycles. The molecule has 0 aromatic heterocycles. The second-order valence-electron chi connectivity index (χ2n) is 5.93. The largest absolute Gasteiger partial charge is 0.352 e. The summed E-state index contributed by atoms with van der Waals surface area (Å²) in [5.41, 5.74) is 5.40. The van der Waals surface area contributed by atoms with Crippen molar-refractivity contribution >= 4 is 24.2 Å². The maximum absolute atomic E-state index is 12.1. The number of carbonyl (C=O) groups excluding carboxylic acids is 2. The van der Waals surface area contributed by atoms with Gasteiger partial charge in [0, 0.05) is 19.0 Å². The third kappa shape index (κ3) is 6.78. The van der Waals surface area contributed by atoms with Gasteiger partial charge in [-0.15, -0.1) is 12.4 Å². The molecule has 0 spiro atoms. The van der Waals surface area contributed by atoms with Crippen molar-refractivity contribution in [3.05, 3.63) is 0 Å². The van der Waals surface area contributed by atoms with E-state index in [-0.39, 0.29) is 30.1 Å². The third-order valence-electron chi connectivity index (χ3n) is 3.23. The standard InChI is InChI=1S/C13H25N3O2.ClH/c1-9(17)16-11(10-6-4-5-7-10)12(18)15-8-13(2,3)14;/h10-11H,4-8,14H2,1-3H3,(H,15,18)(H,16,17);1H. The van der Waals surface area contributed by atoms with Crippen LogP contribution in [-0.2, 0) is 9.59 Å². The minimum Gasteiger partial charge on any atom is -0.352 e. The molecular weight excluding hydrogens is 266 g/mol. The SMILES string of the molecule is CC(=O)NC(C(=O)NCC(C)(C)N)C1CCCC1.Cl. The van der Waals surface area contributed by atoms with Crippen LogP contribution in [0.3, 0.4) is 0 Å². The van der Waals surface area contributed by atoms with Gasteiger partial charge in [-0.1, -0.05) is 12.8 Å². The average Bonchev–Trinajstić information content (AvgIpc) is 2.74. The van der Waals surface area contributed by atoms with Crippen LogP contribution in [0, 0.1) is 5.92 Å². The molecule has 19 heavy (non-hydrogen) atoms. The molecule has 6 heteroatoms. The first kappa shape index (κ1) is 18.2. The van der Waals surface area contributed by atoms with Gasteiger partial charge in [0.2, 0.25) is 11.8 Å². The van der Waals surface area contributed by atoms with Gasteiger partial charge in [0.15, 0.2) is 0 Å². The van der Waals surface area contributed by atoms with E-state index < -0.39 is 11.6 Å². The monoisotopic (exact) mass is 291 g/mol. The molecule has 0 aliphatic heterocycles. The predicted molar refractivity (Wildman–Crippen MR) is 78.1 cm³/mol. The molecule has 1 rings (SSSR count). The summed E-state index contributed by atoms with van der Waals surface area (Å²) >= 11 is 0. The first-order chi connectivity index (χ1) is 8.29. The Bertz CT molecular complexity index is 310. The zero-order chi connectivity index (χ0) is 13.8. The molecule has 112 valence electrons. The smallest absolute Gasteiger partial charge is 0.242 e. The molecule has 1 atom stereocenters. The summed E-state index contributed by atoms with van der Waals surface area (Å²) in [6.07, 6.45) is 4.28. The fourth-order valence-electron chi connectivity index (χ4n) is 2.33. The van der Waals surface area contributed by atoms with Gasteiger partial charge in [-0.3, -0.25) is 9.59 Å². The Balaban J connectivity index is 0.00000324. The molecule has 1 saturated carbocycles. The molecule has 1 unspecified atom stereocenters. The minimum atomic E-state index is -0.438. The van der Waals surface area contributed by atoms with Crippen LogP contribution in [0.4, 0.5) is 0 Å². The normalized spacial score (nSPS) is 17.5. The van der Waals surface area contributed by atoms with Gasteiger partial charge in [-0.05, 0) is 32.6 Å². The maximum atomic E-state index is 12.1. The number of hydrogen-bond acceptors (Lipinski definition) is 3. The van der Waals surface area contributed by atoms with Gasteiger partial charge in [-0.2, -0.15) is 0 Å². The molecule has 2 amide bonds. The highest BCUT2D eigenvalue weighted by Crippen LogP contribution is 2.27. The van der Waals surface area contributed by atoms with E-state index in [2.05, 4.69) is 10.6 Å². The molecule has 0 heterocycles. The Morgan fingerprint density at radius 2 is 1.84 bits per heavy atom. The molecule has 1 aliphatic rings. The van der Waals surface area contributed by atoms with E-state index in [1.54, 1.807) is 0 Å². The van der Waals surface area contributed by atoms with Crippen molar-refractivity contribution in [2.75, 3.05) is 6.54 Å². The molecule has 1 fully saturated rings. The summed E-state index contributed by atoms with van der Waals surface area (Å²) < 4.78 is 0. The fraction of sp³-hybridized carbons (Fsp3) is 0.846. The second-order valence-corrected chi connectivity index (χ2v) is 5.93. The number of hydrogen-bond donors (Lipinski definition) is 3. The lowest BCUT2D eigenvalue weighted by atomic mass is 9.96. The van der Waals surface area contributed by atoms with E-state index in [0.717, 1.165) is 25.7 Å². The Morgan fingerprint density at radius 3 is 2.26 bits per heavy atom. The van der Waals surface area contributed by atoms with Gasteiger partial charge in [0.05, 0.1) is 0 Å². The maximum Gasteiger partial charge on any atom is 0.242 e. The third-order valence-corrected chi connectivity index (χ3v) is 3.23. The number of amides is 2. The van der Waals surface area contributed by atoms with Crippen LogP contribution in [0.1, 0.15) is 46.5 Å². The highest BCUT2D eigenvalue weighted by Gasteiger charge is 2.31.